The Morgan fingerprint density at radius 3 is 2.65 bits per heavy atom. The van der Waals surface area contributed by atoms with E-state index in [2.05, 4.69) is 4.98 Å². The Morgan fingerprint density at radius 1 is 1.35 bits per heavy atom. The van der Waals surface area contributed by atoms with Gasteiger partial charge in [-0.2, -0.15) is 0 Å². The number of carbonyl (C=O) groups is 2. The third-order valence-electron chi connectivity index (χ3n) is 2.94. The Kier molecular flexibility index (Phi) is 6.49. The number of aromatic nitrogens is 1. The first-order chi connectivity index (χ1) is 9.54. The molecule has 0 aliphatic rings. The van der Waals surface area contributed by atoms with E-state index < -0.39 is 5.97 Å². The van der Waals surface area contributed by atoms with E-state index in [1.807, 2.05) is 25.1 Å². The first kappa shape index (κ1) is 15.9. The van der Waals surface area contributed by atoms with Gasteiger partial charge in [-0.3, -0.25) is 9.78 Å². The van der Waals surface area contributed by atoms with Gasteiger partial charge in [0.1, 0.15) is 0 Å². The van der Waals surface area contributed by atoms with Gasteiger partial charge in [0, 0.05) is 32.8 Å². The van der Waals surface area contributed by atoms with Gasteiger partial charge in [0.2, 0.25) is 0 Å². The maximum absolute atomic E-state index is 12.2. The molecule has 6 heteroatoms. The van der Waals surface area contributed by atoms with Gasteiger partial charge in [-0.15, -0.1) is 0 Å². The molecule has 0 saturated carbocycles. The molecule has 2 amide bonds. The average Bonchev–Trinajstić information content (AvgIpc) is 2.44. The van der Waals surface area contributed by atoms with Crippen LogP contribution in [0.25, 0.3) is 0 Å². The third kappa shape index (κ3) is 5.26. The Bertz CT molecular complexity index is 437. The van der Waals surface area contributed by atoms with Gasteiger partial charge in [0.05, 0.1) is 12.2 Å². The van der Waals surface area contributed by atoms with E-state index in [1.54, 1.807) is 23.0 Å². The molecule has 6 nitrogen and oxygen atoms in total. The van der Waals surface area contributed by atoms with E-state index in [0.717, 1.165) is 5.69 Å². The van der Waals surface area contributed by atoms with E-state index in [4.69, 9.17) is 5.11 Å². The molecule has 1 rings (SSSR count). The molecule has 1 heterocycles. The zero-order chi connectivity index (χ0) is 15.0. The maximum Gasteiger partial charge on any atom is 0.320 e. The van der Waals surface area contributed by atoms with Crippen LogP contribution in [0.2, 0.25) is 0 Å². The standard InChI is InChI=1S/C14H21N3O3/c1-3-17(11-12-7-4-5-9-15-12)14(20)16(2)10-6-8-13(18)19/h4-5,7,9H,3,6,8,10-11H2,1-2H3,(H,18,19). The van der Waals surface area contributed by atoms with Crippen molar-refractivity contribution < 1.29 is 14.7 Å². The Morgan fingerprint density at radius 2 is 2.10 bits per heavy atom. The van der Waals surface area contributed by atoms with Crippen molar-refractivity contribution in [1.82, 2.24) is 14.8 Å². The molecule has 0 radical (unpaired) electrons. The molecule has 110 valence electrons. The number of amides is 2. The summed E-state index contributed by atoms with van der Waals surface area (Å²) in [7, 11) is 1.69. The van der Waals surface area contributed by atoms with E-state index in [-0.39, 0.29) is 12.5 Å². The second-order valence-corrected chi connectivity index (χ2v) is 4.54. The molecule has 1 aromatic heterocycles. The normalized spacial score (nSPS) is 10.1. The van der Waals surface area contributed by atoms with Crippen molar-refractivity contribution in [2.24, 2.45) is 0 Å². The van der Waals surface area contributed by atoms with Crippen LogP contribution < -0.4 is 0 Å². The van der Waals surface area contributed by atoms with Gasteiger partial charge in [-0.25, -0.2) is 4.79 Å². The molecule has 0 bridgehead atoms. The molecule has 0 aliphatic carbocycles. The predicted octanol–water partition coefficient (Wildman–Crippen LogP) is 1.82. The molecule has 1 N–H and O–H groups in total. The van der Waals surface area contributed by atoms with Crippen molar-refractivity contribution in [3.63, 3.8) is 0 Å². The van der Waals surface area contributed by atoms with Crippen molar-refractivity contribution in [2.45, 2.75) is 26.3 Å². The van der Waals surface area contributed by atoms with Crippen LogP contribution in [-0.4, -0.2) is 52.0 Å². The zero-order valence-corrected chi connectivity index (χ0v) is 12.0. The monoisotopic (exact) mass is 279 g/mol. The van der Waals surface area contributed by atoms with Crippen molar-refractivity contribution in [2.75, 3.05) is 20.1 Å². The summed E-state index contributed by atoms with van der Waals surface area (Å²) in [5, 5.41) is 8.59. The Labute approximate surface area is 119 Å². The van der Waals surface area contributed by atoms with Crippen molar-refractivity contribution in [3.8, 4) is 0 Å². The fraction of sp³-hybridized carbons (Fsp3) is 0.500. The van der Waals surface area contributed by atoms with Crippen molar-refractivity contribution in [3.05, 3.63) is 30.1 Å². The number of carbonyl (C=O) groups excluding carboxylic acids is 1. The van der Waals surface area contributed by atoms with E-state index >= 15 is 0 Å². The minimum absolute atomic E-state index is 0.0734. The fourth-order valence-corrected chi connectivity index (χ4v) is 1.81. The molecular formula is C14H21N3O3. The molecule has 0 unspecified atom stereocenters. The largest absolute Gasteiger partial charge is 0.481 e. The molecule has 0 aromatic carbocycles. The molecule has 0 aliphatic heterocycles. The lowest BCUT2D eigenvalue weighted by atomic mass is 10.3. The highest BCUT2D eigenvalue weighted by molar-refractivity contribution is 5.74. The summed E-state index contributed by atoms with van der Waals surface area (Å²) >= 11 is 0. The van der Waals surface area contributed by atoms with Crippen LogP contribution in [0.1, 0.15) is 25.5 Å². The van der Waals surface area contributed by atoms with Crippen molar-refractivity contribution in [1.29, 1.82) is 0 Å². The number of hydrogen-bond donors (Lipinski definition) is 1. The summed E-state index contributed by atoms with van der Waals surface area (Å²) in [5.41, 5.74) is 0.835. The Balaban J connectivity index is 2.51. The molecule has 0 saturated heterocycles. The van der Waals surface area contributed by atoms with E-state index in [9.17, 15) is 9.59 Å². The average molecular weight is 279 g/mol. The second kappa shape index (κ2) is 8.14. The minimum atomic E-state index is -0.841. The number of urea groups is 1. The smallest absolute Gasteiger partial charge is 0.320 e. The van der Waals surface area contributed by atoms with Crippen LogP contribution in [0, 0.1) is 0 Å². The molecule has 20 heavy (non-hydrogen) atoms. The first-order valence-electron chi connectivity index (χ1n) is 6.66. The van der Waals surface area contributed by atoms with Gasteiger partial charge in [0.15, 0.2) is 0 Å². The molecule has 0 fully saturated rings. The maximum atomic E-state index is 12.2. The third-order valence-corrected chi connectivity index (χ3v) is 2.94. The topological polar surface area (TPSA) is 73.7 Å². The minimum Gasteiger partial charge on any atom is -0.481 e. The van der Waals surface area contributed by atoms with E-state index in [0.29, 0.717) is 26.1 Å². The lowest BCUT2D eigenvalue weighted by Gasteiger charge is -2.27. The second-order valence-electron chi connectivity index (χ2n) is 4.54. The fourth-order valence-electron chi connectivity index (χ4n) is 1.81. The van der Waals surface area contributed by atoms with Crippen LogP contribution >= 0.6 is 0 Å². The van der Waals surface area contributed by atoms with Gasteiger partial charge in [-0.05, 0) is 25.5 Å². The summed E-state index contributed by atoms with van der Waals surface area (Å²) < 4.78 is 0. The number of carboxylic acids is 1. The number of rotatable bonds is 7. The zero-order valence-electron chi connectivity index (χ0n) is 12.0. The SMILES string of the molecule is CCN(Cc1ccccn1)C(=O)N(C)CCCC(=O)O. The molecule has 0 spiro atoms. The highest BCUT2D eigenvalue weighted by Crippen LogP contribution is 2.05. The van der Waals surface area contributed by atoms with Crippen LogP contribution in [0.4, 0.5) is 4.79 Å². The van der Waals surface area contributed by atoms with Crippen molar-refractivity contribution >= 4 is 12.0 Å². The van der Waals surface area contributed by atoms with Gasteiger partial charge in [-0.1, -0.05) is 6.07 Å². The van der Waals surface area contributed by atoms with Crippen LogP contribution in [0.3, 0.4) is 0 Å². The van der Waals surface area contributed by atoms with Gasteiger partial charge >= 0.3 is 12.0 Å². The Hall–Kier alpha value is -2.11. The summed E-state index contributed by atoms with van der Waals surface area (Å²) in [4.78, 5) is 30.1. The van der Waals surface area contributed by atoms with Crippen LogP contribution in [-0.2, 0) is 11.3 Å². The van der Waals surface area contributed by atoms with Gasteiger partial charge in [0.25, 0.3) is 0 Å². The summed E-state index contributed by atoms with van der Waals surface area (Å²) in [6.45, 7) is 3.38. The van der Waals surface area contributed by atoms with Gasteiger partial charge < -0.3 is 14.9 Å². The summed E-state index contributed by atoms with van der Waals surface area (Å²) in [5.74, 6) is -0.841. The van der Waals surface area contributed by atoms with E-state index in [1.165, 1.54) is 0 Å². The lowest BCUT2D eigenvalue weighted by molar-refractivity contribution is -0.137. The molecule has 0 atom stereocenters. The summed E-state index contributed by atoms with van der Waals surface area (Å²) in [6, 6.07) is 5.49. The highest BCUT2D eigenvalue weighted by Gasteiger charge is 2.17. The number of hydrogen-bond acceptors (Lipinski definition) is 3. The first-order valence-corrected chi connectivity index (χ1v) is 6.66. The number of carboxylic acid groups (broad SMARTS) is 1. The van der Waals surface area contributed by atoms with Crippen LogP contribution in [0.15, 0.2) is 24.4 Å². The predicted molar refractivity (Wildman–Crippen MR) is 75.2 cm³/mol. The quantitative estimate of drug-likeness (QED) is 0.826. The lowest BCUT2D eigenvalue weighted by Crippen LogP contribution is -2.41. The van der Waals surface area contributed by atoms with Crippen LogP contribution in [0.5, 0.6) is 0 Å². The number of nitrogens with zero attached hydrogens (tertiary/aromatic N) is 3. The number of pyridine rings is 1. The molecular weight excluding hydrogens is 258 g/mol. The number of aliphatic carboxylic acids is 1. The highest BCUT2D eigenvalue weighted by atomic mass is 16.4. The molecule has 1 aromatic rings. The summed E-state index contributed by atoms with van der Waals surface area (Å²) in [6.07, 6.45) is 2.23.